The average molecular weight is 781 g/mol. The summed E-state index contributed by atoms with van der Waals surface area (Å²) in [5.74, 6) is 1.39. The standard InChI is InChI=1S/C57H52N2O/c1-33(2)45-30-40(48-28-35(5)47(27-36(48)6)38-23-25-41(26-24-38)57(7,8)9)31-46(34(3)4)54(45)59-52-20-13-12-19-51(52)58-56(59)44-18-14-17-43-50-29-39-22-21-37-15-10-11-16-42(37)49(39)32-53(50)60-55(43)44/h10-34H,1-9H3. The summed E-state index contributed by atoms with van der Waals surface area (Å²) in [4.78, 5) is 5.44. The maximum atomic E-state index is 6.95. The van der Waals surface area contributed by atoms with E-state index in [4.69, 9.17) is 9.40 Å². The van der Waals surface area contributed by atoms with Gasteiger partial charge in [-0.3, -0.25) is 4.57 Å². The third-order valence-electron chi connectivity index (χ3n) is 12.7. The number of aromatic nitrogens is 2. The Hall–Kier alpha value is -6.45. The van der Waals surface area contributed by atoms with Crippen LogP contribution >= 0.6 is 0 Å². The summed E-state index contributed by atoms with van der Waals surface area (Å²) >= 11 is 0. The van der Waals surface area contributed by atoms with E-state index in [1.807, 2.05) is 0 Å². The van der Waals surface area contributed by atoms with Crippen molar-refractivity contribution in [3.63, 3.8) is 0 Å². The molecule has 10 rings (SSSR count). The molecule has 3 heteroatoms. The van der Waals surface area contributed by atoms with Gasteiger partial charge in [0.2, 0.25) is 0 Å². The van der Waals surface area contributed by atoms with Crippen LogP contribution in [0.3, 0.4) is 0 Å². The van der Waals surface area contributed by atoms with Crippen LogP contribution in [-0.2, 0) is 5.41 Å². The molecule has 0 fully saturated rings. The molecule has 0 aliphatic rings. The Bertz CT molecular complexity index is 3280. The first-order chi connectivity index (χ1) is 28.9. The minimum Gasteiger partial charge on any atom is -0.455 e. The Morgan fingerprint density at radius 3 is 1.87 bits per heavy atom. The van der Waals surface area contributed by atoms with Crippen LogP contribution in [0.1, 0.15) is 88.1 Å². The highest BCUT2D eigenvalue weighted by Crippen LogP contribution is 2.44. The molecule has 2 aromatic heterocycles. The Balaban J connectivity index is 1.17. The minimum atomic E-state index is 0.123. The van der Waals surface area contributed by atoms with Gasteiger partial charge < -0.3 is 4.42 Å². The second-order valence-corrected chi connectivity index (χ2v) is 18.5. The molecule has 10 aromatic rings. The zero-order valence-corrected chi connectivity index (χ0v) is 36.2. The fraction of sp³-hybridized carbons (Fsp3) is 0.211. The SMILES string of the molecule is Cc1cc(-c2cc(C(C)C)c(-n3c(-c4cccc5c4oc4cc6c(ccc7ccccc76)cc45)nc4ccccc43)c(C(C)C)c2)c(C)cc1-c1ccc(C(C)(C)C)cc1. The van der Waals surface area contributed by atoms with Crippen molar-refractivity contribution in [2.45, 2.75) is 79.6 Å². The molecule has 0 aliphatic heterocycles. The zero-order chi connectivity index (χ0) is 41.6. The van der Waals surface area contributed by atoms with Crippen LogP contribution in [0.25, 0.3) is 93.8 Å². The van der Waals surface area contributed by atoms with Gasteiger partial charge in [-0.05, 0) is 145 Å². The molecular weight excluding hydrogens is 729 g/mol. The lowest BCUT2D eigenvalue weighted by atomic mass is 9.84. The van der Waals surface area contributed by atoms with Crippen LogP contribution in [0.15, 0.2) is 144 Å². The first-order valence-corrected chi connectivity index (χ1v) is 21.5. The lowest BCUT2D eigenvalue weighted by Crippen LogP contribution is -2.10. The molecule has 2 heterocycles. The number of aryl methyl sites for hydroxylation is 2. The van der Waals surface area contributed by atoms with Crippen molar-refractivity contribution in [2.75, 3.05) is 0 Å². The second-order valence-electron chi connectivity index (χ2n) is 18.5. The van der Waals surface area contributed by atoms with E-state index in [-0.39, 0.29) is 17.3 Å². The van der Waals surface area contributed by atoms with Crippen LogP contribution in [0, 0.1) is 13.8 Å². The monoisotopic (exact) mass is 780 g/mol. The molecule has 0 radical (unpaired) electrons. The van der Waals surface area contributed by atoms with Crippen LogP contribution in [0.2, 0.25) is 0 Å². The van der Waals surface area contributed by atoms with E-state index in [0.717, 1.165) is 44.4 Å². The number of hydrogen-bond donors (Lipinski definition) is 0. The number of imidazole rings is 1. The van der Waals surface area contributed by atoms with Gasteiger partial charge in [0.15, 0.2) is 0 Å². The van der Waals surface area contributed by atoms with Crippen LogP contribution in [0.4, 0.5) is 0 Å². The number of hydrogen-bond acceptors (Lipinski definition) is 2. The van der Waals surface area contributed by atoms with Gasteiger partial charge in [-0.15, -0.1) is 0 Å². The summed E-state index contributed by atoms with van der Waals surface area (Å²) in [5, 5.41) is 7.08. The fourth-order valence-electron chi connectivity index (χ4n) is 9.47. The van der Waals surface area contributed by atoms with Gasteiger partial charge >= 0.3 is 0 Å². The van der Waals surface area contributed by atoms with Crippen LogP contribution < -0.4 is 0 Å². The molecular formula is C57H52N2O. The number of rotatable bonds is 6. The quantitative estimate of drug-likeness (QED) is 0.157. The molecule has 0 spiro atoms. The van der Waals surface area contributed by atoms with Crippen molar-refractivity contribution in [1.29, 1.82) is 0 Å². The highest BCUT2D eigenvalue weighted by Gasteiger charge is 2.26. The highest BCUT2D eigenvalue weighted by atomic mass is 16.3. The molecule has 60 heavy (non-hydrogen) atoms. The predicted octanol–water partition coefficient (Wildman–Crippen LogP) is 16.4. The van der Waals surface area contributed by atoms with Crippen molar-refractivity contribution < 1.29 is 4.42 Å². The molecule has 0 saturated heterocycles. The van der Waals surface area contributed by atoms with Crippen molar-refractivity contribution in [3.8, 4) is 39.3 Å². The van der Waals surface area contributed by atoms with Gasteiger partial charge in [0.05, 0.1) is 22.3 Å². The summed E-state index contributed by atoms with van der Waals surface area (Å²) in [7, 11) is 0. The number of benzene rings is 8. The molecule has 0 amide bonds. The maximum Gasteiger partial charge on any atom is 0.149 e. The molecule has 0 N–H and O–H groups in total. The lowest BCUT2D eigenvalue weighted by Gasteiger charge is -2.25. The summed E-state index contributed by atoms with van der Waals surface area (Å²) in [6, 6.07) is 51.5. The molecule has 0 aliphatic carbocycles. The Labute approximate surface area is 353 Å². The van der Waals surface area contributed by atoms with Crippen molar-refractivity contribution in [2.24, 2.45) is 0 Å². The smallest absolute Gasteiger partial charge is 0.149 e. The van der Waals surface area contributed by atoms with Crippen molar-refractivity contribution >= 4 is 54.5 Å². The molecule has 0 unspecified atom stereocenters. The fourth-order valence-corrected chi connectivity index (χ4v) is 9.47. The van der Waals surface area contributed by atoms with Crippen LogP contribution in [-0.4, -0.2) is 9.55 Å². The summed E-state index contributed by atoms with van der Waals surface area (Å²) < 4.78 is 9.38. The topological polar surface area (TPSA) is 31.0 Å². The normalized spacial score (nSPS) is 12.4. The zero-order valence-electron chi connectivity index (χ0n) is 36.2. The van der Waals surface area contributed by atoms with Crippen LogP contribution in [0.5, 0.6) is 0 Å². The van der Waals surface area contributed by atoms with Gasteiger partial charge in [-0.25, -0.2) is 4.98 Å². The Kier molecular flexibility index (Phi) is 8.88. The Morgan fingerprint density at radius 1 is 0.533 bits per heavy atom. The molecule has 0 saturated carbocycles. The first kappa shape index (κ1) is 37.8. The van der Waals surface area contributed by atoms with Gasteiger partial charge in [-0.2, -0.15) is 0 Å². The van der Waals surface area contributed by atoms with Gasteiger partial charge in [-0.1, -0.05) is 146 Å². The average Bonchev–Trinajstić information content (AvgIpc) is 3.81. The van der Waals surface area contributed by atoms with Gasteiger partial charge in [0.25, 0.3) is 0 Å². The number of nitrogens with zero attached hydrogens (tertiary/aromatic N) is 2. The largest absolute Gasteiger partial charge is 0.455 e. The molecule has 8 aromatic carbocycles. The van der Waals surface area contributed by atoms with E-state index < -0.39 is 0 Å². The second kappa shape index (κ2) is 14.1. The van der Waals surface area contributed by atoms with E-state index in [2.05, 4.69) is 206 Å². The third-order valence-corrected chi connectivity index (χ3v) is 12.7. The van der Waals surface area contributed by atoms with Gasteiger partial charge in [0.1, 0.15) is 17.0 Å². The number of fused-ring (bicyclic) bond motifs is 7. The van der Waals surface area contributed by atoms with E-state index >= 15 is 0 Å². The maximum absolute atomic E-state index is 6.95. The van der Waals surface area contributed by atoms with E-state index in [1.54, 1.807) is 0 Å². The minimum absolute atomic E-state index is 0.123. The molecule has 3 nitrogen and oxygen atoms in total. The lowest BCUT2D eigenvalue weighted by molar-refractivity contribution is 0.590. The van der Waals surface area contributed by atoms with Crippen molar-refractivity contribution in [1.82, 2.24) is 9.55 Å². The van der Waals surface area contributed by atoms with E-state index in [1.165, 1.54) is 77.3 Å². The first-order valence-electron chi connectivity index (χ1n) is 21.5. The summed E-state index contributed by atoms with van der Waals surface area (Å²) in [6.07, 6.45) is 0. The van der Waals surface area contributed by atoms with Gasteiger partial charge in [0, 0.05) is 10.8 Å². The predicted molar refractivity (Wildman–Crippen MR) is 256 cm³/mol. The Morgan fingerprint density at radius 2 is 1.17 bits per heavy atom. The van der Waals surface area contributed by atoms with E-state index in [9.17, 15) is 0 Å². The van der Waals surface area contributed by atoms with Crippen molar-refractivity contribution in [3.05, 3.63) is 167 Å². The molecule has 296 valence electrons. The number of para-hydroxylation sites is 3. The highest BCUT2D eigenvalue weighted by molar-refractivity contribution is 6.17. The molecule has 0 bridgehead atoms. The van der Waals surface area contributed by atoms with E-state index in [0.29, 0.717) is 0 Å². The summed E-state index contributed by atoms with van der Waals surface area (Å²) in [5.41, 5.74) is 17.7. The number of furan rings is 1. The summed E-state index contributed by atoms with van der Waals surface area (Å²) in [6.45, 7) is 20.6. The molecule has 0 atom stereocenters. The third kappa shape index (κ3) is 6.13.